The molecule has 0 aromatic carbocycles. The number of piperazine rings is 1. The van der Waals surface area contributed by atoms with Crippen molar-refractivity contribution >= 4 is 20.0 Å². The average Bonchev–Trinajstić information content (AvgIpc) is 2.36. The molecule has 2 atom stereocenters. The fourth-order valence-corrected chi connectivity index (χ4v) is 5.67. The first-order valence-corrected chi connectivity index (χ1v) is 10.9. The lowest BCUT2D eigenvalue weighted by atomic mass is 10.1. The Morgan fingerprint density at radius 2 is 1.11 bits per heavy atom. The van der Waals surface area contributed by atoms with Crippen molar-refractivity contribution in [1.29, 1.82) is 0 Å². The van der Waals surface area contributed by atoms with Crippen LogP contribution in [0.5, 0.6) is 0 Å². The van der Waals surface area contributed by atoms with Crippen molar-refractivity contribution in [3.8, 4) is 0 Å². The Hall–Kier alpha value is -0.470. The number of alkyl halides is 3. The molecule has 0 aromatic heterocycles. The molecule has 0 saturated carbocycles. The lowest BCUT2D eigenvalue weighted by Gasteiger charge is -2.54. The first-order valence-electron chi connectivity index (χ1n) is 7.99. The lowest BCUT2D eigenvalue weighted by Crippen LogP contribution is -2.78. The molecule has 0 amide bonds. The SMILES string of the molecule is CC(C)(C)S(=O)(=O)N1C[C@](O)(C(F)(F)F)N(S(=O)(=O)C(C)(C)C)C[C@]1(C)O. The molecule has 27 heavy (non-hydrogen) atoms. The minimum absolute atomic E-state index is 0.113. The summed E-state index contributed by atoms with van der Waals surface area (Å²) in [5.74, 6) is 0. The van der Waals surface area contributed by atoms with Gasteiger partial charge in [0.25, 0.3) is 0 Å². The number of β-amino-alcohol motifs (C(OH)–C–C–N with tert-alkyl or cyclic N) is 2. The molecule has 2 N–H and O–H groups in total. The van der Waals surface area contributed by atoms with Crippen molar-refractivity contribution in [1.82, 2.24) is 8.61 Å². The smallest absolute Gasteiger partial charge is 0.374 e. The molecule has 0 aliphatic carbocycles. The molecule has 0 radical (unpaired) electrons. The first kappa shape index (κ1) is 24.6. The zero-order chi connectivity index (χ0) is 22.1. The second-order valence-electron chi connectivity index (χ2n) is 8.78. The molecule has 1 fully saturated rings. The third kappa shape index (κ3) is 3.86. The van der Waals surface area contributed by atoms with Crippen LogP contribution in [-0.2, 0) is 20.0 Å². The summed E-state index contributed by atoms with van der Waals surface area (Å²) in [7, 11) is -9.32. The van der Waals surface area contributed by atoms with Crippen LogP contribution in [0.2, 0.25) is 0 Å². The quantitative estimate of drug-likeness (QED) is 0.657. The van der Waals surface area contributed by atoms with Gasteiger partial charge in [0, 0.05) is 0 Å². The molecule has 0 aromatic rings. The van der Waals surface area contributed by atoms with E-state index >= 15 is 0 Å². The van der Waals surface area contributed by atoms with Crippen LogP contribution in [0.15, 0.2) is 0 Å². The number of nitrogens with zero attached hydrogens (tertiary/aromatic N) is 2. The zero-order valence-electron chi connectivity index (χ0n) is 16.3. The van der Waals surface area contributed by atoms with Crippen LogP contribution in [0.4, 0.5) is 13.2 Å². The normalized spacial score (nSPS) is 30.5. The van der Waals surface area contributed by atoms with Gasteiger partial charge < -0.3 is 10.2 Å². The highest BCUT2D eigenvalue weighted by atomic mass is 32.2. The summed E-state index contributed by atoms with van der Waals surface area (Å²) in [5.41, 5.74) is -6.55. The maximum absolute atomic E-state index is 13.7. The highest BCUT2D eigenvalue weighted by Gasteiger charge is 2.69. The van der Waals surface area contributed by atoms with Gasteiger partial charge in [0.05, 0.1) is 22.6 Å². The van der Waals surface area contributed by atoms with Crippen molar-refractivity contribution in [3.63, 3.8) is 0 Å². The van der Waals surface area contributed by atoms with Gasteiger partial charge in [-0.2, -0.15) is 21.8 Å². The Kier molecular flexibility index (Phi) is 5.70. The summed E-state index contributed by atoms with van der Waals surface area (Å²) in [5, 5.41) is 21.0. The fraction of sp³-hybridized carbons (Fsp3) is 1.00. The van der Waals surface area contributed by atoms with Crippen molar-refractivity contribution < 1.29 is 40.2 Å². The summed E-state index contributed by atoms with van der Waals surface area (Å²) in [6.07, 6.45) is -5.52. The Labute approximate surface area is 158 Å². The van der Waals surface area contributed by atoms with Crippen LogP contribution >= 0.6 is 0 Å². The second kappa shape index (κ2) is 6.26. The molecule has 162 valence electrons. The standard InChI is InChI=1S/C14H27F3N2O6S2/c1-10(2,3)26(22,23)18-9-13(21,14(15,16)17)19(8-12(18,7)20)27(24,25)11(4,5)6/h20-21H,8-9H2,1-7H3/t12-,13-/m0/s1. The van der Waals surface area contributed by atoms with Crippen LogP contribution in [0.1, 0.15) is 48.5 Å². The number of rotatable bonds is 2. The van der Waals surface area contributed by atoms with E-state index in [9.17, 15) is 40.2 Å². The molecule has 1 aliphatic heterocycles. The van der Waals surface area contributed by atoms with Crippen LogP contribution in [0, 0.1) is 0 Å². The van der Waals surface area contributed by atoms with E-state index in [1.165, 1.54) is 20.8 Å². The predicted molar refractivity (Wildman–Crippen MR) is 92.4 cm³/mol. The van der Waals surface area contributed by atoms with Gasteiger partial charge in [-0.3, -0.25) is 0 Å². The number of halogens is 3. The van der Waals surface area contributed by atoms with Crippen LogP contribution in [0.25, 0.3) is 0 Å². The number of hydrogen-bond acceptors (Lipinski definition) is 6. The van der Waals surface area contributed by atoms with Crippen LogP contribution in [-0.4, -0.2) is 75.9 Å². The Bertz CT molecular complexity index is 794. The maximum atomic E-state index is 13.7. The molecule has 8 nitrogen and oxygen atoms in total. The molecule has 0 bridgehead atoms. The van der Waals surface area contributed by atoms with Gasteiger partial charge in [0.15, 0.2) is 0 Å². The molecule has 13 heteroatoms. The van der Waals surface area contributed by atoms with Gasteiger partial charge in [-0.1, -0.05) is 0 Å². The third-order valence-electron chi connectivity index (χ3n) is 4.34. The minimum atomic E-state index is -5.52. The largest absolute Gasteiger partial charge is 0.433 e. The monoisotopic (exact) mass is 440 g/mol. The van der Waals surface area contributed by atoms with Crippen molar-refractivity contribution in [3.05, 3.63) is 0 Å². The molecular formula is C14H27F3N2O6S2. The summed E-state index contributed by atoms with van der Waals surface area (Å²) in [6.45, 7) is 4.92. The van der Waals surface area contributed by atoms with E-state index in [0.29, 0.717) is 0 Å². The molecular weight excluding hydrogens is 413 g/mol. The zero-order valence-corrected chi connectivity index (χ0v) is 17.9. The van der Waals surface area contributed by atoms with Gasteiger partial charge >= 0.3 is 6.18 Å². The van der Waals surface area contributed by atoms with E-state index in [1.807, 2.05) is 0 Å². The predicted octanol–water partition coefficient (Wildman–Crippen LogP) is 0.820. The minimum Gasteiger partial charge on any atom is -0.374 e. The molecule has 1 aliphatic rings. The van der Waals surface area contributed by atoms with Crippen molar-refractivity contribution in [2.45, 2.75) is 75.6 Å². The lowest BCUT2D eigenvalue weighted by molar-refractivity contribution is -0.326. The Balaban J connectivity index is 3.75. The average molecular weight is 441 g/mol. The van der Waals surface area contributed by atoms with Gasteiger partial charge in [-0.05, 0) is 48.5 Å². The number of sulfonamides is 2. The van der Waals surface area contributed by atoms with E-state index in [4.69, 9.17) is 0 Å². The maximum Gasteiger partial charge on any atom is 0.433 e. The van der Waals surface area contributed by atoms with E-state index < -0.39 is 60.3 Å². The summed E-state index contributed by atoms with van der Waals surface area (Å²) < 4.78 is 88.6. The third-order valence-corrected chi connectivity index (χ3v) is 9.55. The van der Waals surface area contributed by atoms with Gasteiger partial charge in [-0.25, -0.2) is 16.8 Å². The molecule has 1 rings (SSSR count). The van der Waals surface area contributed by atoms with E-state index in [2.05, 4.69) is 0 Å². The first-order chi connectivity index (χ1) is 11.4. The molecule has 0 spiro atoms. The van der Waals surface area contributed by atoms with Gasteiger partial charge in [-0.15, -0.1) is 0 Å². The van der Waals surface area contributed by atoms with E-state index in [0.717, 1.165) is 27.7 Å². The van der Waals surface area contributed by atoms with Gasteiger partial charge in [0.1, 0.15) is 5.72 Å². The fourth-order valence-electron chi connectivity index (χ4n) is 2.45. The second-order valence-corrected chi connectivity index (χ2v) is 14.0. The highest BCUT2D eigenvalue weighted by molar-refractivity contribution is 7.91. The van der Waals surface area contributed by atoms with E-state index in [-0.39, 0.29) is 8.61 Å². The number of hydrogen-bond donors (Lipinski definition) is 2. The highest BCUT2D eigenvalue weighted by Crippen LogP contribution is 2.45. The Morgan fingerprint density at radius 3 is 1.41 bits per heavy atom. The van der Waals surface area contributed by atoms with Crippen LogP contribution < -0.4 is 0 Å². The summed E-state index contributed by atoms with van der Waals surface area (Å²) in [4.78, 5) is 0. The molecule has 0 unspecified atom stereocenters. The topological polar surface area (TPSA) is 115 Å². The molecule has 1 saturated heterocycles. The number of aliphatic hydroxyl groups is 2. The van der Waals surface area contributed by atoms with E-state index in [1.54, 1.807) is 0 Å². The summed E-state index contributed by atoms with van der Waals surface area (Å²) >= 11 is 0. The van der Waals surface area contributed by atoms with Crippen molar-refractivity contribution in [2.24, 2.45) is 0 Å². The molecule has 1 heterocycles. The van der Waals surface area contributed by atoms with Gasteiger partial charge in [0.2, 0.25) is 25.8 Å². The van der Waals surface area contributed by atoms with Crippen molar-refractivity contribution in [2.75, 3.05) is 13.1 Å². The summed E-state index contributed by atoms with van der Waals surface area (Å²) in [6, 6.07) is 0. The van der Waals surface area contributed by atoms with Crippen LogP contribution in [0.3, 0.4) is 0 Å². The Morgan fingerprint density at radius 1 is 0.778 bits per heavy atom.